The molecule has 0 bridgehead atoms. The van der Waals surface area contributed by atoms with E-state index in [0.29, 0.717) is 12.1 Å². The molecule has 0 unspecified atom stereocenters. The van der Waals surface area contributed by atoms with Gasteiger partial charge in [0, 0.05) is 18.3 Å². The van der Waals surface area contributed by atoms with Crippen LogP contribution in [0.2, 0.25) is 0 Å². The molecule has 1 amide bonds. The molecule has 0 saturated carbocycles. The van der Waals surface area contributed by atoms with Gasteiger partial charge < -0.3 is 4.90 Å². The second kappa shape index (κ2) is 6.46. The molecule has 4 rings (SSSR count). The molecule has 0 spiro atoms. The number of amides is 1. The molecule has 2 aromatic heterocycles. The Labute approximate surface area is 145 Å². The maximum Gasteiger partial charge on any atom is 0.254 e. The number of hydrogen-bond donors (Lipinski definition) is 0. The lowest BCUT2D eigenvalue weighted by atomic mass is 10.1. The zero-order chi connectivity index (χ0) is 17.2. The standard InChI is InChI=1S/C17H19N7O/c1-13-9-14(4-5-16(13)24-12-18-11-20-24)17(25)23-7-2-3-15(23)10-22-8-6-19-21-22/h4-6,8-9,11-12,15H,2-3,7,10H2,1H3/t15-/m0/s1. The van der Waals surface area contributed by atoms with Crippen molar-refractivity contribution in [2.24, 2.45) is 0 Å². The average molecular weight is 337 g/mol. The molecule has 25 heavy (non-hydrogen) atoms. The SMILES string of the molecule is Cc1cc(C(=O)N2CCC[C@H]2Cn2ccnn2)ccc1-n1cncn1. The summed E-state index contributed by atoms with van der Waals surface area (Å²) in [6.45, 7) is 3.44. The second-order valence-electron chi connectivity index (χ2n) is 6.26. The van der Waals surface area contributed by atoms with Gasteiger partial charge in [0.2, 0.25) is 0 Å². The molecule has 1 atom stereocenters. The normalized spacial score (nSPS) is 17.2. The number of likely N-dealkylation sites (tertiary alicyclic amines) is 1. The van der Waals surface area contributed by atoms with Gasteiger partial charge in [-0.25, -0.2) is 9.67 Å². The molecule has 0 aliphatic carbocycles. The quantitative estimate of drug-likeness (QED) is 0.720. The number of rotatable bonds is 4. The third-order valence-corrected chi connectivity index (χ3v) is 4.62. The first-order chi connectivity index (χ1) is 12.2. The van der Waals surface area contributed by atoms with E-state index in [4.69, 9.17) is 0 Å². The lowest BCUT2D eigenvalue weighted by Gasteiger charge is -2.25. The van der Waals surface area contributed by atoms with Crippen LogP contribution >= 0.6 is 0 Å². The van der Waals surface area contributed by atoms with E-state index in [-0.39, 0.29) is 11.9 Å². The maximum absolute atomic E-state index is 13.0. The summed E-state index contributed by atoms with van der Waals surface area (Å²) in [5.74, 6) is 0.0656. The van der Waals surface area contributed by atoms with E-state index in [1.807, 2.05) is 36.2 Å². The number of carbonyl (C=O) groups excluding carboxylic acids is 1. The highest BCUT2D eigenvalue weighted by Crippen LogP contribution is 2.23. The highest BCUT2D eigenvalue weighted by Gasteiger charge is 2.30. The maximum atomic E-state index is 13.0. The topological polar surface area (TPSA) is 81.7 Å². The molecular formula is C17H19N7O. The molecule has 1 saturated heterocycles. The summed E-state index contributed by atoms with van der Waals surface area (Å²) >= 11 is 0. The number of nitrogens with zero attached hydrogens (tertiary/aromatic N) is 7. The highest BCUT2D eigenvalue weighted by atomic mass is 16.2. The van der Waals surface area contributed by atoms with Gasteiger partial charge in [0.15, 0.2) is 0 Å². The first-order valence-corrected chi connectivity index (χ1v) is 8.33. The van der Waals surface area contributed by atoms with Crippen molar-refractivity contribution in [1.82, 2.24) is 34.7 Å². The van der Waals surface area contributed by atoms with Crippen LogP contribution in [-0.2, 0) is 6.54 Å². The fraction of sp³-hybridized carbons (Fsp3) is 0.353. The van der Waals surface area contributed by atoms with Crippen molar-refractivity contribution < 1.29 is 4.79 Å². The van der Waals surface area contributed by atoms with Crippen LogP contribution in [0.3, 0.4) is 0 Å². The van der Waals surface area contributed by atoms with Gasteiger partial charge in [-0.2, -0.15) is 5.10 Å². The summed E-state index contributed by atoms with van der Waals surface area (Å²) in [4.78, 5) is 18.9. The predicted molar refractivity (Wildman–Crippen MR) is 90.2 cm³/mol. The first kappa shape index (κ1) is 15.5. The van der Waals surface area contributed by atoms with Crippen LogP contribution in [0.25, 0.3) is 5.69 Å². The van der Waals surface area contributed by atoms with Crippen molar-refractivity contribution in [2.45, 2.75) is 32.4 Å². The third kappa shape index (κ3) is 3.02. The van der Waals surface area contributed by atoms with Gasteiger partial charge in [-0.1, -0.05) is 5.21 Å². The third-order valence-electron chi connectivity index (χ3n) is 4.62. The van der Waals surface area contributed by atoms with Crippen molar-refractivity contribution in [1.29, 1.82) is 0 Å². The van der Waals surface area contributed by atoms with E-state index < -0.39 is 0 Å². The predicted octanol–water partition coefficient (Wildman–Crippen LogP) is 1.47. The summed E-state index contributed by atoms with van der Waals surface area (Å²) in [6, 6.07) is 5.85. The Balaban J connectivity index is 1.54. The van der Waals surface area contributed by atoms with Crippen LogP contribution in [0.5, 0.6) is 0 Å². The molecule has 128 valence electrons. The van der Waals surface area contributed by atoms with E-state index in [1.165, 1.54) is 6.33 Å². The number of aryl methyl sites for hydroxylation is 1. The molecule has 1 aromatic carbocycles. The zero-order valence-electron chi connectivity index (χ0n) is 14.0. The van der Waals surface area contributed by atoms with Gasteiger partial charge >= 0.3 is 0 Å². The minimum absolute atomic E-state index is 0.0656. The van der Waals surface area contributed by atoms with E-state index in [0.717, 1.165) is 30.6 Å². The summed E-state index contributed by atoms with van der Waals surface area (Å²) < 4.78 is 3.49. The van der Waals surface area contributed by atoms with Crippen LogP contribution in [-0.4, -0.2) is 53.2 Å². The molecule has 8 nitrogen and oxygen atoms in total. The van der Waals surface area contributed by atoms with Gasteiger partial charge in [0.05, 0.1) is 24.5 Å². The van der Waals surface area contributed by atoms with Crippen LogP contribution in [0.1, 0.15) is 28.8 Å². The fourth-order valence-electron chi connectivity index (χ4n) is 3.38. The largest absolute Gasteiger partial charge is 0.334 e. The van der Waals surface area contributed by atoms with Gasteiger partial charge in [-0.15, -0.1) is 5.10 Å². The van der Waals surface area contributed by atoms with Crippen LogP contribution in [0.4, 0.5) is 0 Å². The molecule has 8 heteroatoms. The molecule has 1 aliphatic rings. The van der Waals surface area contributed by atoms with Gasteiger partial charge in [0.25, 0.3) is 5.91 Å². The van der Waals surface area contributed by atoms with Crippen molar-refractivity contribution >= 4 is 5.91 Å². The van der Waals surface area contributed by atoms with Crippen LogP contribution in [0, 0.1) is 6.92 Å². The Hall–Kier alpha value is -3.03. The van der Waals surface area contributed by atoms with E-state index in [1.54, 1.807) is 21.9 Å². The molecule has 1 aliphatic heterocycles. The number of carbonyl (C=O) groups is 1. The Morgan fingerprint density at radius 1 is 1.36 bits per heavy atom. The highest BCUT2D eigenvalue weighted by molar-refractivity contribution is 5.95. The minimum atomic E-state index is 0.0656. The first-order valence-electron chi connectivity index (χ1n) is 8.33. The minimum Gasteiger partial charge on any atom is -0.334 e. The Morgan fingerprint density at radius 2 is 2.28 bits per heavy atom. The summed E-state index contributed by atoms with van der Waals surface area (Å²) in [7, 11) is 0. The molecular weight excluding hydrogens is 318 g/mol. The fourth-order valence-corrected chi connectivity index (χ4v) is 3.38. The van der Waals surface area contributed by atoms with Crippen molar-refractivity contribution in [2.75, 3.05) is 6.54 Å². The number of benzene rings is 1. The molecule has 3 aromatic rings. The van der Waals surface area contributed by atoms with E-state index >= 15 is 0 Å². The molecule has 1 fully saturated rings. The van der Waals surface area contributed by atoms with Crippen LogP contribution in [0.15, 0.2) is 43.2 Å². The zero-order valence-corrected chi connectivity index (χ0v) is 14.0. The van der Waals surface area contributed by atoms with Gasteiger partial charge in [0.1, 0.15) is 12.7 Å². The Kier molecular flexibility index (Phi) is 4.01. The Bertz CT molecular complexity index is 857. The molecule has 0 radical (unpaired) electrons. The van der Waals surface area contributed by atoms with Gasteiger partial charge in [-0.3, -0.25) is 9.48 Å². The molecule has 0 N–H and O–H groups in total. The van der Waals surface area contributed by atoms with Crippen molar-refractivity contribution in [3.63, 3.8) is 0 Å². The summed E-state index contributed by atoms with van der Waals surface area (Å²) in [5.41, 5.74) is 2.62. The second-order valence-corrected chi connectivity index (χ2v) is 6.26. The lowest BCUT2D eigenvalue weighted by Crippen LogP contribution is -2.38. The van der Waals surface area contributed by atoms with E-state index in [2.05, 4.69) is 20.4 Å². The van der Waals surface area contributed by atoms with Crippen molar-refractivity contribution in [3.8, 4) is 5.69 Å². The number of hydrogen-bond acceptors (Lipinski definition) is 5. The van der Waals surface area contributed by atoms with Gasteiger partial charge in [-0.05, 0) is 43.5 Å². The lowest BCUT2D eigenvalue weighted by molar-refractivity contribution is 0.0721. The Morgan fingerprint density at radius 3 is 3.00 bits per heavy atom. The van der Waals surface area contributed by atoms with E-state index in [9.17, 15) is 4.79 Å². The number of aromatic nitrogens is 6. The van der Waals surface area contributed by atoms with Crippen LogP contribution < -0.4 is 0 Å². The smallest absolute Gasteiger partial charge is 0.254 e. The summed E-state index contributed by atoms with van der Waals surface area (Å²) in [5, 5.41) is 12.0. The monoisotopic (exact) mass is 337 g/mol. The molecule has 3 heterocycles. The van der Waals surface area contributed by atoms with Crippen molar-refractivity contribution in [3.05, 3.63) is 54.4 Å². The average Bonchev–Trinajstić information content (AvgIpc) is 3.37. The summed E-state index contributed by atoms with van der Waals surface area (Å²) in [6.07, 6.45) is 8.64.